The maximum atomic E-state index is 4.72. The van der Waals surface area contributed by atoms with E-state index >= 15 is 0 Å². The van der Waals surface area contributed by atoms with E-state index in [-0.39, 0.29) is 0 Å². The number of hydrogen-bond donors (Lipinski definition) is 1. The van der Waals surface area contributed by atoms with Gasteiger partial charge in [-0.25, -0.2) is 0 Å². The van der Waals surface area contributed by atoms with Crippen LogP contribution in [0.25, 0.3) is 0 Å². The zero-order chi connectivity index (χ0) is 5.11. The number of thiocarbonyl (C=S) groups is 1. The zero-order valence-corrected chi connectivity index (χ0v) is 5.00. The molecular formula is C5H9NS. The van der Waals surface area contributed by atoms with Gasteiger partial charge in [0.2, 0.25) is 0 Å². The minimum Gasteiger partial charge on any atom is -0.310 e. The lowest BCUT2D eigenvalue weighted by Gasteiger charge is -1.96. The van der Waals surface area contributed by atoms with E-state index in [1.807, 2.05) is 5.37 Å². The molecule has 0 bridgehead atoms. The first-order valence-corrected chi connectivity index (χ1v) is 3.09. The van der Waals surface area contributed by atoms with Gasteiger partial charge in [0.15, 0.2) is 0 Å². The molecule has 1 aliphatic heterocycles. The lowest BCUT2D eigenvalue weighted by molar-refractivity contribution is 0.781. The van der Waals surface area contributed by atoms with Gasteiger partial charge in [0, 0.05) is 6.04 Å². The molecule has 0 aromatic rings. The molecule has 1 nitrogen and oxygen atoms in total. The monoisotopic (exact) mass is 115 g/mol. The molecule has 1 fully saturated rings. The summed E-state index contributed by atoms with van der Waals surface area (Å²) in [6.07, 6.45) is 2.53. The van der Waals surface area contributed by atoms with E-state index in [9.17, 15) is 0 Å². The van der Waals surface area contributed by atoms with Crippen LogP contribution in [0.1, 0.15) is 12.8 Å². The van der Waals surface area contributed by atoms with Gasteiger partial charge in [0.05, 0.1) is 0 Å². The highest BCUT2D eigenvalue weighted by Gasteiger charge is 2.08. The number of hydrogen-bond acceptors (Lipinski definition) is 2. The summed E-state index contributed by atoms with van der Waals surface area (Å²) in [4.78, 5) is 0. The molecule has 0 unspecified atom stereocenters. The highest BCUT2D eigenvalue weighted by molar-refractivity contribution is 7.79. The van der Waals surface area contributed by atoms with Gasteiger partial charge in [-0.2, -0.15) is 0 Å². The fourth-order valence-corrected chi connectivity index (χ4v) is 1.06. The van der Waals surface area contributed by atoms with Crippen LogP contribution in [0.2, 0.25) is 0 Å². The molecule has 0 radical (unpaired) electrons. The number of nitrogens with one attached hydrogen (secondary N) is 1. The number of rotatable bonds is 1. The summed E-state index contributed by atoms with van der Waals surface area (Å²) >= 11 is 4.72. The summed E-state index contributed by atoms with van der Waals surface area (Å²) in [6.45, 7) is 1.15. The molecule has 1 aliphatic rings. The average Bonchev–Trinajstić information content (AvgIpc) is 2.14. The van der Waals surface area contributed by atoms with E-state index in [4.69, 9.17) is 12.2 Å². The van der Waals surface area contributed by atoms with Crippen LogP contribution in [-0.4, -0.2) is 18.0 Å². The van der Waals surface area contributed by atoms with Crippen molar-refractivity contribution in [2.75, 3.05) is 6.54 Å². The summed E-state index contributed by atoms with van der Waals surface area (Å²) < 4.78 is 0. The molecular weight excluding hydrogens is 106 g/mol. The van der Waals surface area contributed by atoms with E-state index < -0.39 is 0 Å². The molecule has 0 saturated carbocycles. The van der Waals surface area contributed by atoms with E-state index in [2.05, 4.69) is 5.32 Å². The normalized spacial score (nSPS) is 30.6. The van der Waals surface area contributed by atoms with Crippen molar-refractivity contribution in [2.24, 2.45) is 0 Å². The van der Waals surface area contributed by atoms with Crippen LogP contribution in [0.5, 0.6) is 0 Å². The van der Waals surface area contributed by atoms with Crippen molar-refractivity contribution in [3.8, 4) is 0 Å². The molecule has 40 valence electrons. The molecule has 2 heteroatoms. The third-order valence-electron chi connectivity index (χ3n) is 1.26. The highest BCUT2D eigenvalue weighted by Crippen LogP contribution is 2.01. The van der Waals surface area contributed by atoms with Gasteiger partial charge in [-0.3, -0.25) is 0 Å². The molecule has 7 heavy (non-hydrogen) atoms. The Morgan fingerprint density at radius 3 is 2.86 bits per heavy atom. The topological polar surface area (TPSA) is 12.0 Å². The third-order valence-corrected chi connectivity index (χ3v) is 1.59. The van der Waals surface area contributed by atoms with E-state index in [0.717, 1.165) is 6.54 Å². The fraction of sp³-hybridized carbons (Fsp3) is 0.800. The maximum absolute atomic E-state index is 4.72. The van der Waals surface area contributed by atoms with Crippen LogP contribution < -0.4 is 5.32 Å². The molecule has 0 aromatic carbocycles. The first kappa shape index (κ1) is 5.19. The zero-order valence-electron chi connectivity index (χ0n) is 4.18. The summed E-state index contributed by atoms with van der Waals surface area (Å²) in [5.74, 6) is 0. The van der Waals surface area contributed by atoms with Crippen LogP contribution in [0.4, 0.5) is 0 Å². The summed E-state index contributed by atoms with van der Waals surface area (Å²) in [6, 6.07) is 0.537. The molecule has 0 amide bonds. The summed E-state index contributed by atoms with van der Waals surface area (Å²) in [7, 11) is 0. The molecule has 1 atom stereocenters. The van der Waals surface area contributed by atoms with Crippen molar-refractivity contribution in [1.82, 2.24) is 5.32 Å². The van der Waals surface area contributed by atoms with Crippen molar-refractivity contribution in [1.29, 1.82) is 0 Å². The van der Waals surface area contributed by atoms with Gasteiger partial charge in [-0.15, -0.1) is 0 Å². The van der Waals surface area contributed by atoms with Crippen LogP contribution in [0.15, 0.2) is 0 Å². The van der Waals surface area contributed by atoms with Crippen LogP contribution in [0, 0.1) is 0 Å². The molecule has 0 spiro atoms. The first-order valence-electron chi connectivity index (χ1n) is 2.62. The quantitative estimate of drug-likeness (QED) is 0.506. The molecule has 1 N–H and O–H groups in total. The molecule has 1 rings (SSSR count). The average molecular weight is 115 g/mol. The Balaban J connectivity index is 2.26. The van der Waals surface area contributed by atoms with E-state index in [1.165, 1.54) is 12.8 Å². The predicted octanol–water partition coefficient (Wildman–Crippen LogP) is 0.738. The second-order valence-electron chi connectivity index (χ2n) is 1.84. The SMILES string of the molecule is S=C[C@H]1CCCN1. The molecule has 1 saturated heterocycles. The van der Waals surface area contributed by atoms with Crippen molar-refractivity contribution in [3.05, 3.63) is 0 Å². The van der Waals surface area contributed by atoms with Gasteiger partial charge in [0.25, 0.3) is 0 Å². The Morgan fingerprint density at radius 2 is 2.57 bits per heavy atom. The Labute approximate surface area is 49.1 Å². The van der Waals surface area contributed by atoms with Crippen LogP contribution in [0.3, 0.4) is 0 Å². The van der Waals surface area contributed by atoms with Crippen molar-refractivity contribution >= 4 is 17.6 Å². The van der Waals surface area contributed by atoms with Crippen molar-refractivity contribution in [3.63, 3.8) is 0 Å². The second-order valence-corrected chi connectivity index (χ2v) is 2.11. The predicted molar refractivity (Wildman–Crippen MR) is 34.7 cm³/mol. The van der Waals surface area contributed by atoms with Gasteiger partial charge in [-0.05, 0) is 24.8 Å². The fourth-order valence-electron chi connectivity index (χ4n) is 0.828. The van der Waals surface area contributed by atoms with E-state index in [1.54, 1.807) is 0 Å². The molecule has 1 heterocycles. The van der Waals surface area contributed by atoms with Gasteiger partial charge in [-0.1, -0.05) is 12.2 Å². The maximum Gasteiger partial charge on any atom is 0.0354 e. The Morgan fingerprint density at radius 1 is 1.71 bits per heavy atom. The third kappa shape index (κ3) is 1.21. The lowest BCUT2D eigenvalue weighted by atomic mass is 10.3. The second kappa shape index (κ2) is 2.38. The van der Waals surface area contributed by atoms with Gasteiger partial charge in [0.1, 0.15) is 0 Å². The standard InChI is InChI=1S/C5H9NS/c7-4-5-2-1-3-6-5/h4-6H,1-3H2/t5-/m1/s1. The van der Waals surface area contributed by atoms with Crippen molar-refractivity contribution < 1.29 is 0 Å². The summed E-state index contributed by atoms with van der Waals surface area (Å²) in [5, 5.41) is 5.06. The largest absolute Gasteiger partial charge is 0.310 e. The Kier molecular flexibility index (Phi) is 1.77. The Bertz CT molecular complexity index is 66.5. The van der Waals surface area contributed by atoms with Crippen molar-refractivity contribution in [2.45, 2.75) is 18.9 Å². The molecule has 0 aromatic heterocycles. The minimum absolute atomic E-state index is 0.537. The lowest BCUT2D eigenvalue weighted by Crippen LogP contribution is -2.21. The van der Waals surface area contributed by atoms with Gasteiger partial charge < -0.3 is 5.32 Å². The first-order chi connectivity index (χ1) is 3.43. The molecule has 0 aliphatic carbocycles. The minimum atomic E-state index is 0.537. The van der Waals surface area contributed by atoms with Crippen LogP contribution in [-0.2, 0) is 0 Å². The van der Waals surface area contributed by atoms with E-state index in [0.29, 0.717) is 6.04 Å². The summed E-state index contributed by atoms with van der Waals surface area (Å²) in [5.41, 5.74) is 0. The highest BCUT2D eigenvalue weighted by atomic mass is 32.1. The Hall–Kier alpha value is 0.0500. The van der Waals surface area contributed by atoms with Gasteiger partial charge >= 0.3 is 0 Å². The van der Waals surface area contributed by atoms with Crippen LogP contribution >= 0.6 is 12.2 Å². The smallest absolute Gasteiger partial charge is 0.0354 e.